The smallest absolute Gasteiger partial charge is 0.220 e. The van der Waals surface area contributed by atoms with Gasteiger partial charge in [-0.15, -0.1) is 0 Å². The highest BCUT2D eigenvalue weighted by molar-refractivity contribution is 5.76. The van der Waals surface area contributed by atoms with Crippen molar-refractivity contribution in [1.82, 2.24) is 5.32 Å². The van der Waals surface area contributed by atoms with Crippen LogP contribution in [0.15, 0.2) is 60.8 Å². The van der Waals surface area contributed by atoms with Gasteiger partial charge in [-0.2, -0.15) is 0 Å². The highest BCUT2D eigenvalue weighted by Gasteiger charge is 2.53. The number of aliphatic hydroxyl groups excluding tert-OH is 11. The molecule has 3 saturated heterocycles. The van der Waals surface area contributed by atoms with Crippen molar-refractivity contribution in [2.75, 3.05) is 26.4 Å². The Morgan fingerprint density at radius 2 is 0.831 bits per heavy atom. The second-order valence-electron chi connectivity index (χ2n) is 22.8. The summed E-state index contributed by atoms with van der Waals surface area (Å²) in [5.41, 5.74) is 0. The van der Waals surface area contributed by atoms with Crippen LogP contribution in [-0.4, -0.2) is 193 Å². The van der Waals surface area contributed by atoms with Crippen molar-refractivity contribution in [2.24, 2.45) is 0 Å². The Kier molecular flexibility index (Phi) is 42.0. The van der Waals surface area contributed by atoms with Gasteiger partial charge in [0.1, 0.15) is 73.2 Å². The maximum atomic E-state index is 13.3. The summed E-state index contributed by atoms with van der Waals surface area (Å²) in [6.07, 6.45) is 28.4. The molecule has 0 bridgehead atoms. The van der Waals surface area contributed by atoms with E-state index in [1.54, 1.807) is 6.08 Å². The van der Waals surface area contributed by atoms with Crippen molar-refractivity contribution in [3.05, 3.63) is 60.8 Å². The molecular formula is C64H113NO18. The first-order chi connectivity index (χ1) is 40.3. The summed E-state index contributed by atoms with van der Waals surface area (Å²) in [5.74, 6) is -0.281. The molecule has 17 atom stereocenters. The van der Waals surface area contributed by atoms with Gasteiger partial charge in [0.15, 0.2) is 18.9 Å². The highest BCUT2D eigenvalue weighted by atomic mass is 16.8. The molecule has 0 aromatic heterocycles. The van der Waals surface area contributed by atoms with Crippen molar-refractivity contribution in [1.29, 1.82) is 0 Å². The van der Waals surface area contributed by atoms with E-state index in [4.69, 9.17) is 28.4 Å². The summed E-state index contributed by atoms with van der Waals surface area (Å²) in [6, 6.07) is -0.970. The van der Waals surface area contributed by atoms with Gasteiger partial charge in [0.25, 0.3) is 0 Å². The molecule has 1 amide bonds. The lowest BCUT2D eigenvalue weighted by atomic mass is 9.96. The van der Waals surface area contributed by atoms with Crippen LogP contribution in [0.4, 0.5) is 0 Å². The molecule has 0 spiro atoms. The number of amides is 1. The maximum absolute atomic E-state index is 13.3. The number of unbranched alkanes of at least 4 members (excludes halogenated alkanes) is 23. The van der Waals surface area contributed by atoms with E-state index >= 15 is 0 Å². The minimum Gasteiger partial charge on any atom is -0.394 e. The predicted octanol–water partition coefficient (Wildman–Crippen LogP) is 6.82. The molecule has 3 heterocycles. The van der Waals surface area contributed by atoms with E-state index in [1.165, 1.54) is 96.3 Å². The van der Waals surface area contributed by atoms with Crippen molar-refractivity contribution in [3.63, 3.8) is 0 Å². The summed E-state index contributed by atoms with van der Waals surface area (Å²) >= 11 is 0. The van der Waals surface area contributed by atoms with E-state index in [9.17, 15) is 61.0 Å². The number of hydrogen-bond acceptors (Lipinski definition) is 18. The Bertz CT molecular complexity index is 1750. The summed E-state index contributed by atoms with van der Waals surface area (Å²) in [5, 5.41) is 120. The van der Waals surface area contributed by atoms with Gasteiger partial charge in [0.05, 0.1) is 38.6 Å². The van der Waals surface area contributed by atoms with Crippen molar-refractivity contribution < 1.29 is 89.4 Å². The number of rotatable bonds is 47. The predicted molar refractivity (Wildman–Crippen MR) is 318 cm³/mol. The first-order valence-electron chi connectivity index (χ1n) is 32.0. The Balaban J connectivity index is 1.33. The van der Waals surface area contributed by atoms with Gasteiger partial charge < -0.3 is 89.9 Å². The van der Waals surface area contributed by atoms with Crippen LogP contribution >= 0.6 is 0 Å². The molecular weight excluding hydrogens is 1070 g/mol. The second kappa shape index (κ2) is 46.6. The zero-order chi connectivity index (χ0) is 60.5. The quantitative estimate of drug-likeness (QED) is 0.0220. The first kappa shape index (κ1) is 74.7. The van der Waals surface area contributed by atoms with Gasteiger partial charge in [0.2, 0.25) is 5.91 Å². The molecule has 12 N–H and O–H groups in total. The summed E-state index contributed by atoms with van der Waals surface area (Å²) < 4.78 is 34.1. The molecule has 3 rings (SSSR count). The van der Waals surface area contributed by atoms with Crippen LogP contribution < -0.4 is 5.32 Å². The summed E-state index contributed by atoms with van der Waals surface area (Å²) in [6.45, 7) is 1.53. The molecule has 3 fully saturated rings. The first-order valence-corrected chi connectivity index (χ1v) is 32.0. The standard InChI is InChI=1S/C64H113NO18/c1-3-5-7-9-11-12-13-14-15-16-17-18-19-20-21-22-23-24-25-26-27-28-29-30-31-32-33-34-36-38-40-42-52(70)65-47(48(69)41-39-37-35-10-8-6-4-2)46-78-62-58(76)55(73)60(50(44-67)80-62)83-64-59(77)56(74)61(51(45-68)81-64)82-63-57(75)54(72)53(71)49(43-66)79-63/h5,7,11-12,14-15,17-18,39,41,47-51,53-64,66-69,71-77H,3-4,6,8-10,13,16,19-38,40,42-46H2,1-2H3,(H,65,70)/b7-5-,12-11-,15-14-,18-17-,41-39+. The average Bonchev–Trinajstić information content (AvgIpc) is 3.69. The largest absolute Gasteiger partial charge is 0.394 e. The van der Waals surface area contributed by atoms with Crippen LogP contribution in [0.2, 0.25) is 0 Å². The van der Waals surface area contributed by atoms with Crippen LogP contribution in [0, 0.1) is 0 Å². The van der Waals surface area contributed by atoms with E-state index in [2.05, 4.69) is 67.8 Å². The fourth-order valence-electron chi connectivity index (χ4n) is 10.6. The summed E-state index contributed by atoms with van der Waals surface area (Å²) in [7, 11) is 0. The topological polar surface area (TPSA) is 307 Å². The lowest BCUT2D eigenvalue weighted by molar-refractivity contribution is -0.379. The van der Waals surface area contributed by atoms with Gasteiger partial charge >= 0.3 is 0 Å². The van der Waals surface area contributed by atoms with E-state index in [-0.39, 0.29) is 18.9 Å². The Hall–Kier alpha value is -2.51. The number of carbonyl (C=O) groups is 1. The van der Waals surface area contributed by atoms with E-state index in [1.807, 2.05) is 6.08 Å². The molecule has 19 heteroatoms. The molecule has 0 aromatic carbocycles. The number of nitrogens with one attached hydrogen (secondary N) is 1. The number of carbonyl (C=O) groups excluding carboxylic acids is 1. The zero-order valence-electron chi connectivity index (χ0n) is 50.4. The van der Waals surface area contributed by atoms with Crippen LogP contribution in [-0.2, 0) is 33.2 Å². The molecule has 3 aliphatic rings. The molecule has 17 unspecified atom stereocenters. The van der Waals surface area contributed by atoms with Crippen molar-refractivity contribution in [3.8, 4) is 0 Å². The van der Waals surface area contributed by atoms with Crippen LogP contribution in [0.25, 0.3) is 0 Å². The Morgan fingerprint density at radius 3 is 1.30 bits per heavy atom. The third-order valence-electron chi connectivity index (χ3n) is 15.8. The maximum Gasteiger partial charge on any atom is 0.220 e. The molecule has 482 valence electrons. The SMILES string of the molecule is CC/C=C\C/C=C\C/C=C\C/C=C\CCCCCCCCCCCCCCCCCCCCC(=O)NC(COC1OC(CO)C(OC2OC(CO)C(OC3OC(CO)C(O)C(O)C3O)C(O)C2O)C(O)C1O)C(O)/C=C/CCCCCCC. The van der Waals surface area contributed by atoms with Crippen molar-refractivity contribution in [2.45, 2.75) is 311 Å². The molecule has 3 aliphatic heterocycles. The lowest BCUT2D eigenvalue weighted by Gasteiger charge is -2.48. The minimum absolute atomic E-state index is 0.242. The van der Waals surface area contributed by atoms with Crippen LogP contribution in [0.1, 0.15) is 206 Å². The van der Waals surface area contributed by atoms with E-state index < -0.39 is 124 Å². The van der Waals surface area contributed by atoms with Gasteiger partial charge in [-0.05, 0) is 57.8 Å². The number of aliphatic hydroxyl groups is 11. The monoisotopic (exact) mass is 1180 g/mol. The van der Waals surface area contributed by atoms with Gasteiger partial charge in [-0.25, -0.2) is 0 Å². The van der Waals surface area contributed by atoms with Gasteiger partial charge in [0, 0.05) is 6.42 Å². The zero-order valence-corrected chi connectivity index (χ0v) is 50.4. The van der Waals surface area contributed by atoms with Crippen molar-refractivity contribution >= 4 is 5.91 Å². The Morgan fingerprint density at radius 1 is 0.446 bits per heavy atom. The highest BCUT2D eigenvalue weighted by Crippen LogP contribution is 2.33. The molecule has 0 aliphatic carbocycles. The lowest BCUT2D eigenvalue weighted by Crippen LogP contribution is -2.66. The normalized spacial score (nSPS) is 29.8. The second-order valence-corrected chi connectivity index (χ2v) is 22.8. The van der Waals surface area contributed by atoms with Gasteiger partial charge in [-0.1, -0.05) is 203 Å². The molecule has 0 radical (unpaired) electrons. The van der Waals surface area contributed by atoms with Gasteiger partial charge in [-0.3, -0.25) is 4.79 Å². The van der Waals surface area contributed by atoms with Crippen LogP contribution in [0.5, 0.6) is 0 Å². The molecule has 0 saturated carbocycles. The summed E-state index contributed by atoms with van der Waals surface area (Å²) in [4.78, 5) is 13.3. The minimum atomic E-state index is -1.98. The fourth-order valence-corrected chi connectivity index (χ4v) is 10.6. The number of ether oxygens (including phenoxy) is 6. The fraction of sp³-hybridized carbons (Fsp3) is 0.828. The van der Waals surface area contributed by atoms with E-state index in [0.29, 0.717) is 6.42 Å². The number of allylic oxidation sites excluding steroid dienone is 9. The average molecular weight is 1180 g/mol. The molecule has 83 heavy (non-hydrogen) atoms. The number of hydrogen-bond donors (Lipinski definition) is 12. The van der Waals surface area contributed by atoms with E-state index in [0.717, 1.165) is 83.5 Å². The third-order valence-corrected chi connectivity index (χ3v) is 15.8. The molecule has 0 aromatic rings. The van der Waals surface area contributed by atoms with Crippen LogP contribution in [0.3, 0.4) is 0 Å². The molecule has 19 nitrogen and oxygen atoms in total. The Labute approximate surface area is 496 Å². The third kappa shape index (κ3) is 29.8.